The summed E-state index contributed by atoms with van der Waals surface area (Å²) in [5.74, 6) is 1.22. The van der Waals surface area contributed by atoms with Gasteiger partial charge in [-0.2, -0.15) is 0 Å². The van der Waals surface area contributed by atoms with Gasteiger partial charge in [-0.25, -0.2) is 9.79 Å². The van der Waals surface area contributed by atoms with Crippen molar-refractivity contribution in [1.82, 2.24) is 4.57 Å². The molecule has 8 nitrogen and oxygen atoms in total. The summed E-state index contributed by atoms with van der Waals surface area (Å²) in [5, 5.41) is 1.79. The molecule has 10 heteroatoms. The third kappa shape index (κ3) is 4.71. The van der Waals surface area contributed by atoms with Crippen LogP contribution in [0, 0.1) is 0 Å². The van der Waals surface area contributed by atoms with Gasteiger partial charge in [-0.1, -0.05) is 87.9 Å². The van der Waals surface area contributed by atoms with Gasteiger partial charge in [0.05, 0.1) is 29.5 Å². The lowest BCUT2D eigenvalue weighted by Gasteiger charge is -2.28. The van der Waals surface area contributed by atoms with Gasteiger partial charge in [-0.3, -0.25) is 9.36 Å². The lowest BCUT2D eigenvalue weighted by atomic mass is 9.89. The third-order valence-corrected chi connectivity index (χ3v) is 9.25. The Balaban J connectivity index is 1.58. The molecule has 3 heterocycles. The molecule has 1 unspecified atom stereocenters. The molecule has 1 aromatic heterocycles. The summed E-state index contributed by atoms with van der Waals surface area (Å²) in [5.41, 5.74) is 2.56. The summed E-state index contributed by atoms with van der Waals surface area (Å²) < 4.78 is 25.4. The number of aromatic nitrogens is 1. The number of nitrogens with zero attached hydrogens (tertiary/aromatic N) is 2. The summed E-state index contributed by atoms with van der Waals surface area (Å²) in [6.07, 6.45) is 1.80. The minimum Gasteiger partial charge on any atom is -0.496 e. The highest BCUT2D eigenvalue weighted by Gasteiger charge is 2.37. The van der Waals surface area contributed by atoms with Crippen LogP contribution in [-0.4, -0.2) is 31.0 Å². The Bertz CT molecular complexity index is 2170. The van der Waals surface area contributed by atoms with Gasteiger partial charge in [-0.15, -0.1) is 0 Å². The van der Waals surface area contributed by atoms with Gasteiger partial charge in [0.1, 0.15) is 11.8 Å². The molecule has 7 rings (SSSR count). The molecule has 0 bridgehead atoms. The number of fused-ring (bicyclic) bond motifs is 3. The Labute approximate surface area is 264 Å². The van der Waals surface area contributed by atoms with Crippen LogP contribution in [0.2, 0.25) is 0 Å². The van der Waals surface area contributed by atoms with Crippen LogP contribution in [0.3, 0.4) is 0 Å². The topological polar surface area (TPSA) is 88.4 Å². The van der Waals surface area contributed by atoms with Crippen molar-refractivity contribution in [3.63, 3.8) is 0 Å². The van der Waals surface area contributed by atoms with E-state index in [1.165, 1.54) is 11.3 Å². The van der Waals surface area contributed by atoms with E-state index in [4.69, 9.17) is 23.9 Å². The molecule has 5 aromatic rings. The van der Waals surface area contributed by atoms with Crippen molar-refractivity contribution in [2.45, 2.75) is 13.0 Å². The summed E-state index contributed by atoms with van der Waals surface area (Å²) in [7, 11) is 1.58. The van der Waals surface area contributed by atoms with E-state index in [-0.39, 0.29) is 24.5 Å². The number of rotatable bonds is 6. The Morgan fingerprint density at radius 3 is 2.59 bits per heavy atom. The largest absolute Gasteiger partial charge is 0.496 e. The van der Waals surface area contributed by atoms with Gasteiger partial charge in [0.2, 0.25) is 6.79 Å². The minimum atomic E-state index is -0.885. The van der Waals surface area contributed by atoms with E-state index in [2.05, 4.69) is 15.9 Å². The van der Waals surface area contributed by atoms with E-state index >= 15 is 0 Å². The molecule has 0 amide bonds. The highest BCUT2D eigenvalue weighted by Crippen LogP contribution is 2.42. The number of hydrogen-bond acceptors (Lipinski definition) is 8. The molecule has 0 fully saturated rings. The molecule has 0 radical (unpaired) electrons. The van der Waals surface area contributed by atoms with Crippen LogP contribution in [0.4, 0.5) is 0 Å². The van der Waals surface area contributed by atoms with Crippen molar-refractivity contribution in [1.29, 1.82) is 0 Å². The Hall–Kier alpha value is -4.67. The summed E-state index contributed by atoms with van der Waals surface area (Å²) in [4.78, 5) is 33.8. The van der Waals surface area contributed by atoms with E-state index in [1.807, 2.05) is 78.9 Å². The van der Waals surface area contributed by atoms with Gasteiger partial charge >= 0.3 is 5.97 Å². The maximum Gasteiger partial charge on any atom is 0.338 e. The highest BCUT2D eigenvalue weighted by atomic mass is 79.9. The number of carbonyl (C=O) groups excluding carboxylic acids is 1. The van der Waals surface area contributed by atoms with E-state index in [0.29, 0.717) is 37.8 Å². The summed E-state index contributed by atoms with van der Waals surface area (Å²) in [6.45, 7) is 2.05. The first-order valence-corrected chi connectivity index (χ1v) is 15.5. The van der Waals surface area contributed by atoms with Crippen molar-refractivity contribution in [2.75, 3.05) is 20.5 Å². The zero-order valence-corrected chi connectivity index (χ0v) is 26.1. The quantitative estimate of drug-likeness (QED) is 0.219. The summed E-state index contributed by atoms with van der Waals surface area (Å²) in [6, 6.07) is 23.9. The average molecular weight is 670 g/mol. The monoisotopic (exact) mass is 668 g/mol. The van der Waals surface area contributed by atoms with Crippen LogP contribution in [0.1, 0.15) is 29.7 Å². The molecule has 0 spiro atoms. The maximum absolute atomic E-state index is 14.4. The molecule has 2 aliphatic heterocycles. The predicted molar refractivity (Wildman–Crippen MR) is 172 cm³/mol. The molecule has 44 heavy (non-hydrogen) atoms. The SMILES string of the molecule is CCOC(=O)C1=C(c2ccccc2)N=c2s/c(=C/c3cc4c(cc3Br)OCO4)c(=O)n2C1c1c(OC)ccc2ccccc12. The zero-order valence-electron chi connectivity index (χ0n) is 23.7. The average Bonchev–Trinajstić information content (AvgIpc) is 3.63. The first-order chi connectivity index (χ1) is 21.5. The Kier molecular flexibility index (Phi) is 7.31. The molecule has 2 aliphatic rings. The van der Waals surface area contributed by atoms with Crippen LogP contribution in [0.5, 0.6) is 17.2 Å². The van der Waals surface area contributed by atoms with E-state index in [0.717, 1.165) is 26.4 Å². The predicted octanol–water partition coefficient (Wildman–Crippen LogP) is 5.59. The van der Waals surface area contributed by atoms with E-state index < -0.39 is 12.0 Å². The molecule has 0 saturated heterocycles. The number of methoxy groups -OCH3 is 1. The molecular formula is C34H25BrN2O6S. The summed E-state index contributed by atoms with van der Waals surface area (Å²) >= 11 is 4.85. The molecule has 220 valence electrons. The molecule has 0 N–H and O–H groups in total. The van der Waals surface area contributed by atoms with Crippen molar-refractivity contribution < 1.29 is 23.7 Å². The van der Waals surface area contributed by atoms with Gasteiger partial charge in [0.25, 0.3) is 5.56 Å². The standard InChI is InChI=1S/C34H25BrN2O6S/c1-3-41-33(39)29-30(20-10-5-4-6-11-20)36-34-37(31(29)28-22-12-8-7-9-19(22)13-14-24(28)40-2)32(38)27(44-34)16-21-15-25-26(17-23(21)35)43-18-42-25/h4-17,31H,3,18H2,1-2H3/b27-16+. The fourth-order valence-electron chi connectivity index (χ4n) is 5.63. The Morgan fingerprint density at radius 2 is 1.82 bits per heavy atom. The number of hydrogen-bond donors (Lipinski definition) is 0. The molecular weight excluding hydrogens is 644 g/mol. The van der Waals surface area contributed by atoms with Crippen LogP contribution >= 0.6 is 27.3 Å². The minimum absolute atomic E-state index is 0.138. The second-order valence-corrected chi connectivity index (χ2v) is 11.9. The van der Waals surface area contributed by atoms with Crippen LogP contribution in [0.15, 0.2) is 98.7 Å². The second kappa shape index (κ2) is 11.4. The molecule has 4 aromatic carbocycles. The van der Waals surface area contributed by atoms with E-state index in [9.17, 15) is 9.59 Å². The van der Waals surface area contributed by atoms with Crippen molar-refractivity contribution >= 4 is 55.8 Å². The van der Waals surface area contributed by atoms with Crippen LogP contribution < -0.4 is 29.1 Å². The smallest absolute Gasteiger partial charge is 0.338 e. The first-order valence-electron chi connectivity index (χ1n) is 13.9. The highest BCUT2D eigenvalue weighted by molar-refractivity contribution is 9.10. The number of esters is 1. The van der Waals surface area contributed by atoms with Crippen molar-refractivity contribution in [3.8, 4) is 17.2 Å². The van der Waals surface area contributed by atoms with Gasteiger partial charge < -0.3 is 18.9 Å². The molecule has 0 aliphatic carbocycles. The van der Waals surface area contributed by atoms with Crippen molar-refractivity contribution in [2.24, 2.45) is 4.99 Å². The first kappa shape index (κ1) is 28.1. The normalized spacial score (nSPS) is 15.7. The van der Waals surface area contributed by atoms with E-state index in [1.54, 1.807) is 24.7 Å². The lowest BCUT2D eigenvalue weighted by molar-refractivity contribution is -0.138. The fourth-order valence-corrected chi connectivity index (χ4v) is 7.06. The number of ether oxygens (including phenoxy) is 4. The number of thiazole rings is 1. The van der Waals surface area contributed by atoms with Gasteiger partial charge in [0, 0.05) is 15.6 Å². The second-order valence-electron chi connectivity index (χ2n) is 10.1. The van der Waals surface area contributed by atoms with Crippen molar-refractivity contribution in [3.05, 3.63) is 125 Å². The van der Waals surface area contributed by atoms with Crippen LogP contribution in [-0.2, 0) is 9.53 Å². The van der Waals surface area contributed by atoms with Gasteiger partial charge in [-0.05, 0) is 47.5 Å². The maximum atomic E-state index is 14.4. The molecule has 0 saturated carbocycles. The fraction of sp³-hybridized carbons (Fsp3) is 0.147. The number of benzene rings is 4. The van der Waals surface area contributed by atoms with Gasteiger partial charge in [0.15, 0.2) is 16.3 Å². The molecule has 1 atom stereocenters. The zero-order chi connectivity index (χ0) is 30.4. The Morgan fingerprint density at radius 1 is 1.07 bits per heavy atom. The number of halogens is 1. The lowest BCUT2D eigenvalue weighted by Crippen LogP contribution is -2.40. The number of carbonyl (C=O) groups is 1. The third-order valence-electron chi connectivity index (χ3n) is 7.58. The van der Waals surface area contributed by atoms with Crippen LogP contribution in [0.25, 0.3) is 22.5 Å².